The lowest BCUT2D eigenvalue weighted by molar-refractivity contribution is -0.154. The molecule has 1 aromatic rings. The number of allylic oxidation sites excluding steroid dienone is 1. The molecule has 33 heavy (non-hydrogen) atoms. The number of esters is 1. The summed E-state index contributed by atoms with van der Waals surface area (Å²) in [5.41, 5.74) is 0.248. The van der Waals surface area contributed by atoms with Gasteiger partial charge in [-0.25, -0.2) is 4.98 Å². The summed E-state index contributed by atoms with van der Waals surface area (Å²) in [5.74, 6) is -0.991. The molecule has 2 N–H and O–H groups in total. The van der Waals surface area contributed by atoms with Crippen molar-refractivity contribution < 1.29 is 29.0 Å². The number of nitrogens with zero attached hydrogens (tertiary/aromatic N) is 1. The fourth-order valence-electron chi connectivity index (χ4n) is 4.18. The summed E-state index contributed by atoms with van der Waals surface area (Å²) in [4.78, 5) is 30.1. The Bertz CT molecular complexity index is 868. The summed E-state index contributed by atoms with van der Waals surface area (Å²) in [6.07, 6.45) is 7.50. The van der Waals surface area contributed by atoms with Gasteiger partial charge in [-0.05, 0) is 43.8 Å². The van der Waals surface area contributed by atoms with Crippen LogP contribution in [-0.4, -0.2) is 45.3 Å². The third-order valence-electron chi connectivity index (χ3n) is 6.68. The topological polar surface area (TPSA) is 110 Å². The van der Waals surface area contributed by atoms with E-state index in [2.05, 4.69) is 4.98 Å². The zero-order valence-electron chi connectivity index (χ0n) is 20.7. The molecular formula is C26H39NO6. The molecule has 0 aliphatic carbocycles. The van der Waals surface area contributed by atoms with Gasteiger partial charge >= 0.3 is 5.97 Å². The number of oxazole rings is 1. The Morgan fingerprint density at radius 3 is 2.55 bits per heavy atom. The lowest BCUT2D eigenvalue weighted by Gasteiger charge is -2.34. The summed E-state index contributed by atoms with van der Waals surface area (Å²) < 4.78 is 11.0. The fraction of sp³-hybridized carbons (Fsp3) is 0.654. The van der Waals surface area contributed by atoms with Crippen molar-refractivity contribution in [1.29, 1.82) is 0 Å². The maximum atomic E-state index is 13.1. The SMILES string of the molecule is C/C(=C\c1coc(C)n1)C1C/C=C/CCCC(C)C(O)C(C)C(=O)C(C)(C)C(O)CC(=O)O1. The van der Waals surface area contributed by atoms with Crippen LogP contribution in [0.15, 0.2) is 28.4 Å². The molecule has 7 nitrogen and oxygen atoms in total. The first kappa shape index (κ1) is 27.0. The molecule has 2 rings (SSSR count). The largest absolute Gasteiger partial charge is 0.457 e. The van der Waals surface area contributed by atoms with Gasteiger partial charge in [-0.3, -0.25) is 9.59 Å². The Morgan fingerprint density at radius 2 is 1.91 bits per heavy atom. The maximum absolute atomic E-state index is 13.1. The standard InChI is InChI=1S/C26H39NO6/c1-16-11-9-7-8-10-12-21(17(2)13-20-15-32-19(4)27-20)33-23(29)14-22(28)26(5,6)25(31)18(3)24(16)30/h8,10,13,15-16,18,21-22,24,28,30H,7,9,11-12,14H2,1-6H3/b10-8+,17-13+. The zero-order valence-corrected chi connectivity index (χ0v) is 20.7. The number of cyclic esters (lactones) is 1. The third kappa shape index (κ3) is 7.37. The fourth-order valence-corrected chi connectivity index (χ4v) is 4.18. The van der Waals surface area contributed by atoms with Gasteiger partial charge in [0.1, 0.15) is 23.8 Å². The van der Waals surface area contributed by atoms with E-state index in [1.165, 1.54) is 0 Å². The van der Waals surface area contributed by atoms with Crippen molar-refractivity contribution in [3.8, 4) is 0 Å². The Kier molecular flexibility index (Phi) is 9.61. The van der Waals surface area contributed by atoms with E-state index in [0.29, 0.717) is 18.0 Å². The number of aromatic nitrogens is 1. The Balaban J connectivity index is 2.27. The molecule has 0 fully saturated rings. The molecule has 5 unspecified atom stereocenters. The normalized spacial score (nSPS) is 31.8. The second-order valence-electron chi connectivity index (χ2n) is 9.86. The van der Waals surface area contributed by atoms with Crippen molar-refractivity contribution in [2.45, 2.75) is 92.0 Å². The van der Waals surface area contributed by atoms with E-state index in [1.807, 2.05) is 32.1 Å². The van der Waals surface area contributed by atoms with E-state index in [-0.39, 0.29) is 18.1 Å². The van der Waals surface area contributed by atoms with Crippen molar-refractivity contribution >= 4 is 17.8 Å². The first-order valence-electron chi connectivity index (χ1n) is 11.8. The highest BCUT2D eigenvalue weighted by Gasteiger charge is 2.42. The first-order valence-corrected chi connectivity index (χ1v) is 11.8. The van der Waals surface area contributed by atoms with E-state index >= 15 is 0 Å². The average molecular weight is 462 g/mol. The Labute approximate surface area is 196 Å². The number of rotatable bonds is 2. The first-order chi connectivity index (χ1) is 15.4. The van der Waals surface area contributed by atoms with E-state index in [0.717, 1.165) is 24.8 Å². The predicted octanol–water partition coefficient (Wildman–Crippen LogP) is 4.41. The van der Waals surface area contributed by atoms with E-state index in [1.54, 1.807) is 34.0 Å². The lowest BCUT2D eigenvalue weighted by Crippen LogP contribution is -2.45. The highest BCUT2D eigenvalue weighted by Crippen LogP contribution is 2.32. The summed E-state index contributed by atoms with van der Waals surface area (Å²) in [7, 11) is 0. The minimum Gasteiger partial charge on any atom is -0.457 e. The van der Waals surface area contributed by atoms with Gasteiger partial charge in [0.15, 0.2) is 5.89 Å². The maximum Gasteiger partial charge on any atom is 0.309 e. The molecule has 1 aromatic heterocycles. The van der Waals surface area contributed by atoms with Gasteiger partial charge in [0.25, 0.3) is 0 Å². The van der Waals surface area contributed by atoms with Crippen molar-refractivity contribution in [3.05, 3.63) is 35.6 Å². The number of ketones is 1. The Morgan fingerprint density at radius 1 is 1.21 bits per heavy atom. The van der Waals surface area contributed by atoms with Crippen LogP contribution < -0.4 is 0 Å². The molecule has 0 amide bonds. The minimum atomic E-state index is -1.23. The number of aliphatic hydroxyl groups is 2. The van der Waals surface area contributed by atoms with Gasteiger partial charge in [0.2, 0.25) is 0 Å². The molecule has 0 spiro atoms. The molecule has 0 aromatic carbocycles. The minimum absolute atomic E-state index is 0.0491. The van der Waals surface area contributed by atoms with Gasteiger partial charge in [0, 0.05) is 19.3 Å². The van der Waals surface area contributed by atoms with Crippen molar-refractivity contribution in [1.82, 2.24) is 4.98 Å². The molecule has 0 radical (unpaired) electrons. The highest BCUT2D eigenvalue weighted by molar-refractivity contribution is 5.88. The molecule has 7 heteroatoms. The second-order valence-corrected chi connectivity index (χ2v) is 9.86. The molecule has 0 saturated heterocycles. The molecule has 0 saturated carbocycles. The van der Waals surface area contributed by atoms with Gasteiger partial charge < -0.3 is 19.4 Å². The summed E-state index contributed by atoms with van der Waals surface area (Å²) in [5, 5.41) is 21.5. The van der Waals surface area contributed by atoms with Crippen LogP contribution in [-0.2, 0) is 14.3 Å². The van der Waals surface area contributed by atoms with Gasteiger partial charge in [-0.15, -0.1) is 0 Å². The van der Waals surface area contributed by atoms with E-state index < -0.39 is 35.6 Å². The number of ether oxygens (including phenoxy) is 1. The number of Topliss-reactive ketones (excluding diaryl/α,β-unsaturated/α-hetero) is 1. The van der Waals surface area contributed by atoms with Gasteiger partial charge in [0.05, 0.1) is 24.0 Å². The number of carbonyl (C=O) groups is 2. The summed E-state index contributed by atoms with van der Waals surface area (Å²) in [6.45, 7) is 10.5. The van der Waals surface area contributed by atoms with Gasteiger partial charge in [-0.2, -0.15) is 0 Å². The van der Waals surface area contributed by atoms with Crippen LogP contribution in [0.5, 0.6) is 0 Å². The molecule has 1 aliphatic heterocycles. The molecule has 184 valence electrons. The molecule has 1 aliphatic rings. The monoisotopic (exact) mass is 461 g/mol. The summed E-state index contributed by atoms with van der Waals surface area (Å²) in [6, 6.07) is 0. The van der Waals surface area contributed by atoms with Gasteiger partial charge in [-0.1, -0.05) is 39.8 Å². The van der Waals surface area contributed by atoms with Crippen LogP contribution in [0.4, 0.5) is 0 Å². The number of aliphatic hydroxyl groups excluding tert-OH is 2. The van der Waals surface area contributed by atoms with Crippen LogP contribution in [0, 0.1) is 24.2 Å². The van der Waals surface area contributed by atoms with Crippen LogP contribution in [0.1, 0.15) is 78.3 Å². The smallest absolute Gasteiger partial charge is 0.309 e. The van der Waals surface area contributed by atoms with Crippen LogP contribution in [0.25, 0.3) is 6.08 Å². The zero-order chi connectivity index (χ0) is 24.8. The van der Waals surface area contributed by atoms with Crippen LogP contribution in [0.3, 0.4) is 0 Å². The summed E-state index contributed by atoms with van der Waals surface area (Å²) >= 11 is 0. The quantitative estimate of drug-likeness (QED) is 0.496. The molecule has 2 heterocycles. The van der Waals surface area contributed by atoms with Crippen molar-refractivity contribution in [2.24, 2.45) is 17.3 Å². The number of hydrogen-bond acceptors (Lipinski definition) is 7. The molecule has 0 bridgehead atoms. The molecular weight excluding hydrogens is 422 g/mol. The Hall–Kier alpha value is -2.25. The van der Waals surface area contributed by atoms with E-state index in [9.17, 15) is 19.8 Å². The predicted molar refractivity (Wildman–Crippen MR) is 126 cm³/mol. The second kappa shape index (κ2) is 11.7. The van der Waals surface area contributed by atoms with Crippen molar-refractivity contribution in [2.75, 3.05) is 0 Å². The lowest BCUT2D eigenvalue weighted by atomic mass is 9.73. The molecule has 5 atom stereocenters. The van der Waals surface area contributed by atoms with Crippen LogP contribution >= 0.6 is 0 Å². The highest BCUT2D eigenvalue weighted by atomic mass is 16.5. The average Bonchev–Trinajstić information content (AvgIpc) is 3.16. The van der Waals surface area contributed by atoms with Crippen molar-refractivity contribution in [3.63, 3.8) is 0 Å². The van der Waals surface area contributed by atoms with E-state index in [4.69, 9.17) is 9.15 Å². The number of aryl methyl sites for hydroxylation is 1. The number of carbonyl (C=O) groups excluding carboxylic acids is 2. The third-order valence-corrected chi connectivity index (χ3v) is 6.68. The van der Waals surface area contributed by atoms with Crippen LogP contribution in [0.2, 0.25) is 0 Å². The number of hydrogen-bond donors (Lipinski definition) is 2.